The average Bonchev–Trinajstić information content (AvgIpc) is 2.82. The third kappa shape index (κ3) is 6.93. The van der Waals surface area contributed by atoms with Gasteiger partial charge in [-0.05, 0) is 80.0 Å². The van der Waals surface area contributed by atoms with Gasteiger partial charge in [0.05, 0.1) is 11.6 Å². The van der Waals surface area contributed by atoms with E-state index in [9.17, 15) is 14.4 Å². The van der Waals surface area contributed by atoms with Crippen LogP contribution in [0.15, 0.2) is 48.5 Å². The fourth-order valence-corrected chi connectivity index (χ4v) is 5.50. The van der Waals surface area contributed by atoms with Crippen LogP contribution in [0.2, 0.25) is 0 Å². The molecular weight excluding hydrogens is 461 g/mol. The van der Waals surface area contributed by atoms with E-state index in [0.717, 1.165) is 50.9 Å². The summed E-state index contributed by atoms with van der Waals surface area (Å²) >= 11 is 0. The molecule has 0 spiro atoms. The van der Waals surface area contributed by atoms with E-state index in [2.05, 4.69) is 42.3 Å². The lowest BCUT2D eigenvalue weighted by Gasteiger charge is -2.41. The van der Waals surface area contributed by atoms with E-state index in [4.69, 9.17) is 0 Å². The van der Waals surface area contributed by atoms with Gasteiger partial charge in [-0.2, -0.15) is 5.26 Å². The minimum absolute atomic E-state index is 0. The number of hydrogen-bond acceptors (Lipinski definition) is 3. The highest BCUT2D eigenvalue weighted by atomic mass is 35.5. The maximum absolute atomic E-state index is 13.7. The summed E-state index contributed by atoms with van der Waals surface area (Å²) in [5.41, 5.74) is 3.86. The quantitative estimate of drug-likeness (QED) is 0.501. The maximum atomic E-state index is 13.7. The molecule has 1 fully saturated rings. The Bertz CT molecular complexity index is 1100. The molecule has 0 radical (unpaired) electrons. The zero-order valence-corrected chi connectivity index (χ0v) is 21.4. The number of carbonyl (C=O) groups excluding carboxylic acids is 1. The summed E-state index contributed by atoms with van der Waals surface area (Å²) in [6.07, 6.45) is 8.39. The number of carbonyl (C=O) groups is 1. The van der Waals surface area contributed by atoms with Gasteiger partial charge in [0.25, 0.3) is 0 Å². The first-order valence-electron chi connectivity index (χ1n) is 12.3. The number of halogens is 2. The Morgan fingerprint density at radius 1 is 1.20 bits per heavy atom. The molecule has 1 N–H and O–H groups in total. The zero-order chi connectivity index (χ0) is 24.1. The SMILES string of the molecule is CC1(C)CN(CCC2CCC(NC(=O)/C=C/c3ccccc3F)CC2)Cc2ccc(C#N)cc21.Cl. The zero-order valence-electron chi connectivity index (χ0n) is 20.6. The van der Waals surface area contributed by atoms with Gasteiger partial charge in [0, 0.05) is 36.2 Å². The van der Waals surface area contributed by atoms with Crippen molar-refractivity contribution in [3.63, 3.8) is 0 Å². The number of amides is 1. The molecule has 0 saturated heterocycles. The second kappa shape index (κ2) is 11.8. The molecule has 0 bridgehead atoms. The van der Waals surface area contributed by atoms with Gasteiger partial charge < -0.3 is 5.32 Å². The number of nitriles is 1. The summed E-state index contributed by atoms with van der Waals surface area (Å²) in [6.45, 7) is 7.58. The first-order valence-corrected chi connectivity index (χ1v) is 12.3. The molecule has 4 rings (SSSR count). The molecule has 4 nitrogen and oxygen atoms in total. The van der Waals surface area contributed by atoms with Crippen molar-refractivity contribution in [2.24, 2.45) is 5.92 Å². The van der Waals surface area contributed by atoms with Crippen LogP contribution in [0.4, 0.5) is 4.39 Å². The third-order valence-corrected chi connectivity index (χ3v) is 7.35. The molecule has 2 aromatic carbocycles. The van der Waals surface area contributed by atoms with Gasteiger partial charge in [0.15, 0.2) is 0 Å². The summed E-state index contributed by atoms with van der Waals surface area (Å²) in [4.78, 5) is 14.8. The van der Waals surface area contributed by atoms with Gasteiger partial charge in [-0.15, -0.1) is 12.4 Å². The molecule has 35 heavy (non-hydrogen) atoms. The standard InChI is InChI=1S/C29H34FN3O.ClH/c1-29(2)20-33(19-24-10-7-22(18-31)17-26(24)29)16-15-21-8-12-25(13-9-21)32-28(34)14-11-23-5-3-4-6-27(23)30;/h3-7,10-11,14,17,21,25H,8-9,12-13,15-16,19-20H2,1-2H3,(H,32,34);1H/b14-11+;. The van der Waals surface area contributed by atoms with Crippen LogP contribution in [0.5, 0.6) is 0 Å². The molecule has 1 heterocycles. The number of fused-ring (bicyclic) bond motifs is 1. The van der Waals surface area contributed by atoms with E-state index in [1.54, 1.807) is 18.2 Å². The number of nitrogens with zero attached hydrogens (tertiary/aromatic N) is 2. The lowest BCUT2D eigenvalue weighted by molar-refractivity contribution is -0.117. The summed E-state index contributed by atoms with van der Waals surface area (Å²) in [6, 6.07) is 15.0. The number of nitrogens with one attached hydrogen (secondary N) is 1. The Kier molecular flexibility index (Phi) is 9.10. The number of benzene rings is 2. The molecule has 1 saturated carbocycles. The van der Waals surface area contributed by atoms with Crippen molar-refractivity contribution in [3.05, 3.63) is 76.6 Å². The first kappa shape index (κ1) is 26.9. The van der Waals surface area contributed by atoms with Gasteiger partial charge in [-0.3, -0.25) is 9.69 Å². The Labute approximate surface area is 214 Å². The third-order valence-electron chi connectivity index (χ3n) is 7.35. The normalized spacial score (nSPS) is 21.5. The second-order valence-corrected chi connectivity index (χ2v) is 10.4. The van der Waals surface area contributed by atoms with Gasteiger partial charge in [0.2, 0.25) is 5.91 Å². The largest absolute Gasteiger partial charge is 0.350 e. The van der Waals surface area contributed by atoms with Crippen molar-refractivity contribution >= 4 is 24.4 Å². The Morgan fingerprint density at radius 2 is 1.94 bits per heavy atom. The van der Waals surface area contributed by atoms with E-state index in [1.165, 1.54) is 35.8 Å². The Hall–Kier alpha value is -2.68. The van der Waals surface area contributed by atoms with Crippen LogP contribution >= 0.6 is 12.4 Å². The van der Waals surface area contributed by atoms with Crippen molar-refractivity contribution in [3.8, 4) is 6.07 Å². The van der Waals surface area contributed by atoms with Crippen LogP contribution in [0, 0.1) is 23.1 Å². The summed E-state index contributed by atoms with van der Waals surface area (Å²) in [7, 11) is 0. The fourth-order valence-electron chi connectivity index (χ4n) is 5.50. The highest BCUT2D eigenvalue weighted by Gasteiger charge is 2.32. The first-order chi connectivity index (χ1) is 16.3. The molecule has 1 aliphatic carbocycles. The van der Waals surface area contributed by atoms with Crippen molar-refractivity contribution in [1.82, 2.24) is 10.2 Å². The number of hydrogen-bond donors (Lipinski definition) is 1. The minimum Gasteiger partial charge on any atom is -0.350 e. The van der Waals surface area contributed by atoms with Crippen LogP contribution in [-0.4, -0.2) is 29.9 Å². The molecule has 186 valence electrons. The summed E-state index contributed by atoms with van der Waals surface area (Å²) in [5.74, 6) is 0.215. The summed E-state index contributed by atoms with van der Waals surface area (Å²) in [5, 5.41) is 12.3. The minimum atomic E-state index is -0.320. The molecule has 1 aliphatic heterocycles. The predicted octanol–water partition coefficient (Wildman–Crippen LogP) is 5.99. The summed E-state index contributed by atoms with van der Waals surface area (Å²) < 4.78 is 13.7. The van der Waals surface area contributed by atoms with Gasteiger partial charge >= 0.3 is 0 Å². The smallest absolute Gasteiger partial charge is 0.244 e. The van der Waals surface area contributed by atoms with Crippen molar-refractivity contribution in [1.29, 1.82) is 5.26 Å². The van der Waals surface area contributed by atoms with Gasteiger partial charge in [-0.1, -0.05) is 38.1 Å². The highest BCUT2D eigenvalue weighted by Crippen LogP contribution is 2.35. The average molecular weight is 496 g/mol. The second-order valence-electron chi connectivity index (χ2n) is 10.4. The Balaban J connectivity index is 0.00000342. The van der Waals surface area contributed by atoms with Crippen LogP contribution in [0.1, 0.15) is 68.2 Å². The predicted molar refractivity (Wildman–Crippen MR) is 141 cm³/mol. The van der Waals surface area contributed by atoms with Crippen molar-refractivity contribution < 1.29 is 9.18 Å². The van der Waals surface area contributed by atoms with Crippen LogP contribution < -0.4 is 5.32 Å². The van der Waals surface area contributed by atoms with E-state index in [0.29, 0.717) is 11.5 Å². The lowest BCUT2D eigenvalue weighted by Crippen LogP contribution is -2.43. The van der Waals surface area contributed by atoms with Crippen molar-refractivity contribution in [2.75, 3.05) is 13.1 Å². The van der Waals surface area contributed by atoms with Gasteiger partial charge in [-0.25, -0.2) is 4.39 Å². The molecule has 1 amide bonds. The van der Waals surface area contributed by atoms with E-state index < -0.39 is 0 Å². The monoisotopic (exact) mass is 495 g/mol. The Morgan fingerprint density at radius 3 is 2.66 bits per heavy atom. The lowest BCUT2D eigenvalue weighted by atomic mass is 9.77. The molecule has 6 heteroatoms. The fraction of sp³-hybridized carbons (Fsp3) is 0.448. The molecule has 2 aliphatic rings. The molecular formula is C29H35ClFN3O. The highest BCUT2D eigenvalue weighted by molar-refractivity contribution is 5.91. The molecule has 0 atom stereocenters. The molecule has 0 aromatic heterocycles. The maximum Gasteiger partial charge on any atom is 0.244 e. The van der Waals surface area contributed by atoms with Crippen LogP contribution in [0.25, 0.3) is 6.08 Å². The molecule has 2 aromatic rings. The van der Waals surface area contributed by atoms with Crippen LogP contribution in [0.3, 0.4) is 0 Å². The van der Waals surface area contributed by atoms with Gasteiger partial charge in [0.1, 0.15) is 5.82 Å². The van der Waals surface area contributed by atoms with E-state index in [-0.39, 0.29) is 35.6 Å². The molecule has 0 unspecified atom stereocenters. The van der Waals surface area contributed by atoms with Crippen LogP contribution in [-0.2, 0) is 16.8 Å². The van der Waals surface area contributed by atoms with E-state index >= 15 is 0 Å². The van der Waals surface area contributed by atoms with Crippen molar-refractivity contribution in [2.45, 2.75) is 64.0 Å². The van der Waals surface area contributed by atoms with E-state index in [1.807, 2.05) is 6.07 Å². The number of rotatable bonds is 6. The topological polar surface area (TPSA) is 56.1 Å².